The predicted molar refractivity (Wildman–Crippen MR) is 555 cm³/mol. The van der Waals surface area contributed by atoms with E-state index in [1.54, 1.807) is 0 Å². The average molecular weight is 1860 g/mol. The van der Waals surface area contributed by atoms with Gasteiger partial charge in [-0.1, -0.05) is 55.9 Å². The van der Waals surface area contributed by atoms with Gasteiger partial charge in [-0.2, -0.15) is 0 Å². The highest BCUT2D eigenvalue weighted by atomic mass is 16.8. The molecule has 3 N–H and O–H groups in total. The number of amidine groups is 3. The number of nitrogens with one attached hydrogen (secondary N) is 3. The number of hydrazine groups is 3. The number of hydrazone groups is 3. The molecule has 0 spiro atoms. The van der Waals surface area contributed by atoms with Crippen molar-refractivity contribution in [3.8, 4) is 0 Å². The van der Waals surface area contributed by atoms with E-state index in [4.69, 9.17) is 29.8 Å². The number of rotatable bonds is 31. The molecule has 0 aromatic rings. The fraction of sp³-hybridized carbons (Fsp3) is 0.916. The van der Waals surface area contributed by atoms with E-state index in [9.17, 15) is 0 Å². The Morgan fingerprint density at radius 3 is 0.602 bits per heavy atom. The highest BCUT2D eigenvalue weighted by molar-refractivity contribution is 5.95. The van der Waals surface area contributed by atoms with Crippen LogP contribution >= 0.6 is 0 Å². The van der Waals surface area contributed by atoms with Crippen molar-refractivity contribution < 1.29 is 14.5 Å². The van der Waals surface area contributed by atoms with Crippen LogP contribution < -0.4 is 16.3 Å². The van der Waals surface area contributed by atoms with E-state index in [0.29, 0.717) is 13.1 Å². The lowest BCUT2D eigenvalue weighted by Crippen LogP contribution is -2.64. The molecule has 11 rings (SSSR count). The van der Waals surface area contributed by atoms with Gasteiger partial charge in [-0.25, -0.2) is 30.8 Å². The zero-order valence-corrected chi connectivity index (χ0v) is 93.9. The quantitative estimate of drug-likeness (QED) is 0.0602. The van der Waals surface area contributed by atoms with Gasteiger partial charge < -0.3 is 29.4 Å². The molecule has 11 aliphatic rings. The van der Waals surface area contributed by atoms with Crippen LogP contribution in [0.1, 0.15) is 396 Å². The summed E-state index contributed by atoms with van der Waals surface area (Å²) in [7, 11) is 18.7. The Hall–Kier alpha value is -4.61. The number of unbranched alkanes of at least 4 members (excludes halogenated alkanes) is 3. The third-order valence-electron chi connectivity index (χ3n) is 37.0. The van der Waals surface area contributed by atoms with Crippen LogP contribution in [0.2, 0.25) is 0 Å². The van der Waals surface area contributed by atoms with Gasteiger partial charge >= 0.3 is 0 Å². The maximum atomic E-state index is 7.61. The van der Waals surface area contributed by atoms with Crippen LogP contribution in [-0.2, 0) is 14.5 Å². The van der Waals surface area contributed by atoms with E-state index in [-0.39, 0.29) is 137 Å². The van der Waals surface area contributed by atoms with Gasteiger partial charge in [0, 0.05) is 183 Å². The number of likely N-dealkylation sites (tertiary alicyclic amines) is 8. The van der Waals surface area contributed by atoms with Crippen molar-refractivity contribution in [2.45, 2.75) is 534 Å². The van der Waals surface area contributed by atoms with Gasteiger partial charge in [-0.15, -0.1) is 15.3 Å². The van der Waals surface area contributed by atoms with E-state index in [1.165, 1.54) is 0 Å². The van der Waals surface area contributed by atoms with Gasteiger partial charge in [0.25, 0.3) is 0 Å². The molecule has 766 valence electrons. The van der Waals surface area contributed by atoms with Gasteiger partial charge in [0.2, 0.25) is 0 Å². The molecule has 0 amide bonds. The summed E-state index contributed by atoms with van der Waals surface area (Å²) < 4.78 is 0. The van der Waals surface area contributed by atoms with Gasteiger partial charge in [-0.3, -0.25) is 39.2 Å². The molecule has 0 aliphatic carbocycles. The van der Waals surface area contributed by atoms with Gasteiger partial charge in [0.1, 0.15) is 17.5 Å². The normalized spacial score (nSPS) is 27.9. The Kier molecular flexibility index (Phi) is 32.2. The first kappa shape index (κ1) is 109. The van der Waals surface area contributed by atoms with Gasteiger partial charge in [0.05, 0.1) is 18.3 Å². The summed E-state index contributed by atoms with van der Waals surface area (Å²) >= 11 is 0. The molecule has 0 aromatic heterocycles. The Balaban J connectivity index is 1.10. The molecule has 0 unspecified atom stereocenters. The minimum Gasteiger partial charge on any atom is -0.355 e. The SMILES string of the molecule is CCCCN(C1=CC(N(CCCN(C2=NN(OC3CC(C)(C)N(C)C(C)(C)C3)NC(N(CCCC)C3CC(C)(C)N(C)C(C)(C)C3)=C2)C2CC(C)(C)N(C)C(C)(C)C2)CCCN(C2=NN(OC3CC(C)(C)N(C)C(C)(C)C3)NC(N(CCCC)C3CC(C)(C)N(C)C(C)(C)C3)=C2)C2CC(C)(C)N(C)C(C)(C)C2)=NN(OC2CC(C)(C)N(C)C(C)(C)C2)N1)C1CC(C)(C)N(C)C(C)(C)C1. The molecular formula is C107H205N23O3. The fourth-order valence-corrected chi connectivity index (χ4v) is 27.1. The van der Waals surface area contributed by atoms with E-state index in [0.717, 1.165) is 222 Å². The van der Waals surface area contributed by atoms with E-state index in [1.807, 2.05) is 15.8 Å². The molecule has 8 fully saturated rings. The Labute approximate surface area is 815 Å². The first-order valence-electron chi connectivity index (χ1n) is 53.0. The van der Waals surface area contributed by atoms with Crippen LogP contribution in [0.15, 0.2) is 51.0 Å². The smallest absolute Gasteiger partial charge is 0.157 e. The Morgan fingerprint density at radius 2 is 0.406 bits per heavy atom. The molecule has 0 atom stereocenters. The second-order valence-corrected chi connectivity index (χ2v) is 54.0. The lowest BCUT2D eigenvalue weighted by atomic mass is 9.76. The minimum absolute atomic E-state index is 0.0442. The van der Waals surface area contributed by atoms with Crippen LogP contribution in [0.4, 0.5) is 0 Å². The second-order valence-electron chi connectivity index (χ2n) is 54.0. The fourth-order valence-electron chi connectivity index (χ4n) is 27.1. The molecule has 0 aromatic carbocycles. The largest absolute Gasteiger partial charge is 0.355 e. The minimum atomic E-state index is -0.137. The van der Waals surface area contributed by atoms with E-state index in [2.05, 4.69) is 402 Å². The van der Waals surface area contributed by atoms with Crippen LogP contribution in [-0.4, -0.2) is 341 Å². The number of hydrogen-bond donors (Lipinski definition) is 3. The maximum Gasteiger partial charge on any atom is 0.157 e. The lowest BCUT2D eigenvalue weighted by Gasteiger charge is -2.57. The Bertz CT molecular complexity index is 3770. The number of hydrogen-bond acceptors (Lipinski definition) is 26. The van der Waals surface area contributed by atoms with Crippen LogP contribution in [0.25, 0.3) is 0 Å². The van der Waals surface area contributed by atoms with Crippen LogP contribution in [0, 0.1) is 0 Å². The average Bonchev–Trinajstić information content (AvgIpc) is 0.757. The summed E-state index contributed by atoms with van der Waals surface area (Å²) in [6.07, 6.45) is 30.2. The van der Waals surface area contributed by atoms with E-state index >= 15 is 0 Å². The zero-order valence-electron chi connectivity index (χ0n) is 93.9. The first-order chi connectivity index (χ1) is 60.9. The highest BCUT2D eigenvalue weighted by Gasteiger charge is 2.55. The van der Waals surface area contributed by atoms with E-state index < -0.39 is 0 Å². The lowest BCUT2D eigenvalue weighted by molar-refractivity contribution is -0.256. The molecule has 0 saturated carbocycles. The van der Waals surface area contributed by atoms with Crippen molar-refractivity contribution in [1.29, 1.82) is 0 Å². The van der Waals surface area contributed by atoms with Gasteiger partial charge in [-0.05, 0) is 413 Å². The summed E-state index contributed by atoms with van der Waals surface area (Å²) in [6.45, 7) is 90.6. The number of nitrogens with zero attached hydrogens (tertiary/aromatic N) is 20. The molecular weight excluding hydrogens is 1660 g/mol. The molecule has 0 radical (unpaired) electrons. The van der Waals surface area contributed by atoms with Crippen molar-refractivity contribution in [3.63, 3.8) is 0 Å². The monoisotopic (exact) mass is 1860 g/mol. The topological polar surface area (TPSA) is 156 Å². The van der Waals surface area contributed by atoms with Crippen molar-refractivity contribution in [2.24, 2.45) is 15.3 Å². The molecule has 11 aliphatic heterocycles. The molecule has 0 bridgehead atoms. The third-order valence-corrected chi connectivity index (χ3v) is 37.0. The van der Waals surface area contributed by atoms with Crippen LogP contribution in [0.5, 0.6) is 0 Å². The van der Waals surface area contributed by atoms with Gasteiger partial charge in [0.15, 0.2) is 17.5 Å². The standard InChI is InChI=1S/C107H205N23O3/c1-44-47-54-123(78-62-92(4,5)114(36)93(6,7)63-78)87-59-86(108-128(109-87)131-83-72-102(24,25)119(41)103(26,27)73-83)122(52-50-57-126(81-68-98(16,17)117(39)99(18,19)69-81)90-60-88(110-129(112-90)132-84-74-104(28,29)120(42)105(30,31)75-84)124(55-48-45-2)79-64-94(8,9)115(37)95(10,11)65-79)53-51-58-127(82-70-100(20,21)118(40)101(22,23)71-82)91-61-89(111-130(113-91)133-85-76-106(32,33)121(43)107(34,35)77-85)125(56-49-46-3)80-66-96(12,13)116(38)97(14,15)67-80/h59-61,78-85,109-111H,44-58,62-77H2,1-43H3. The van der Waals surface area contributed by atoms with Crippen molar-refractivity contribution >= 4 is 17.5 Å². The zero-order chi connectivity index (χ0) is 99.3. The van der Waals surface area contributed by atoms with Crippen LogP contribution in [0.3, 0.4) is 0 Å². The first-order valence-corrected chi connectivity index (χ1v) is 53.0. The summed E-state index contributed by atoms with van der Waals surface area (Å²) in [5, 5.41) is 23.2. The summed E-state index contributed by atoms with van der Waals surface area (Å²) in [4.78, 5) is 60.0. The second kappa shape index (κ2) is 39.4. The molecule has 26 nitrogen and oxygen atoms in total. The summed E-state index contributed by atoms with van der Waals surface area (Å²) in [6, 6.07) is 0.992. The van der Waals surface area contributed by atoms with Crippen molar-refractivity contribution in [3.05, 3.63) is 35.7 Å². The molecule has 133 heavy (non-hydrogen) atoms. The molecule has 26 heteroatoms. The Morgan fingerprint density at radius 1 is 0.241 bits per heavy atom. The number of piperidine rings is 8. The highest BCUT2D eigenvalue weighted by Crippen LogP contribution is 2.49. The molecule has 11 heterocycles. The third kappa shape index (κ3) is 24.3. The molecule has 8 saturated heterocycles. The summed E-state index contributed by atoms with van der Waals surface area (Å²) in [5.74, 6) is 6.01. The summed E-state index contributed by atoms with van der Waals surface area (Å²) in [5.41, 5.74) is 10.4. The maximum absolute atomic E-state index is 7.61. The van der Waals surface area contributed by atoms with Crippen molar-refractivity contribution in [2.75, 3.05) is 102 Å². The van der Waals surface area contributed by atoms with Crippen molar-refractivity contribution in [1.82, 2.24) is 101 Å². The predicted octanol–water partition coefficient (Wildman–Crippen LogP) is 18.9.